The predicted molar refractivity (Wildman–Crippen MR) is 98.5 cm³/mol. The molecule has 0 aromatic heterocycles. The third-order valence-electron chi connectivity index (χ3n) is 5.25. The number of halogens is 1. The Kier molecular flexibility index (Phi) is 5.52. The van der Waals surface area contributed by atoms with Crippen molar-refractivity contribution in [1.82, 2.24) is 0 Å². The second kappa shape index (κ2) is 8.00. The molecule has 25 heavy (non-hydrogen) atoms. The zero-order valence-electron chi connectivity index (χ0n) is 14.6. The summed E-state index contributed by atoms with van der Waals surface area (Å²) in [5.41, 5.74) is 2.96. The van der Waals surface area contributed by atoms with Gasteiger partial charge in [0, 0.05) is 11.1 Å². The summed E-state index contributed by atoms with van der Waals surface area (Å²) in [7, 11) is 0. The van der Waals surface area contributed by atoms with Crippen molar-refractivity contribution in [2.75, 3.05) is 0 Å². The van der Waals surface area contributed by atoms with Crippen LogP contribution in [0.5, 0.6) is 0 Å². The van der Waals surface area contributed by atoms with Gasteiger partial charge in [-0.1, -0.05) is 37.3 Å². The average Bonchev–Trinajstić information content (AvgIpc) is 2.67. The van der Waals surface area contributed by atoms with Crippen LogP contribution in [-0.4, -0.2) is 0 Å². The smallest absolute Gasteiger partial charge is 0.142 e. The van der Waals surface area contributed by atoms with Crippen LogP contribution < -0.4 is 0 Å². The van der Waals surface area contributed by atoms with Crippen LogP contribution >= 0.6 is 0 Å². The summed E-state index contributed by atoms with van der Waals surface area (Å²) >= 11 is 0. The number of nitriles is 1. The Labute approximate surface area is 149 Å². The van der Waals surface area contributed by atoms with E-state index in [0.29, 0.717) is 11.5 Å². The predicted octanol–water partition coefficient (Wildman–Crippen LogP) is 5.78. The first-order chi connectivity index (χ1) is 12.2. The molecular weight excluding hydrogens is 309 g/mol. The van der Waals surface area contributed by atoms with Crippen molar-refractivity contribution in [1.29, 1.82) is 5.26 Å². The van der Waals surface area contributed by atoms with Crippen molar-refractivity contribution in [2.45, 2.75) is 44.9 Å². The molecule has 3 rings (SSSR count). The summed E-state index contributed by atoms with van der Waals surface area (Å²) in [5.74, 6) is 7.11. The summed E-state index contributed by atoms with van der Waals surface area (Å²) in [4.78, 5) is 0. The molecule has 0 atom stereocenters. The number of hydrogen-bond acceptors (Lipinski definition) is 1. The van der Waals surface area contributed by atoms with Crippen molar-refractivity contribution in [2.24, 2.45) is 5.92 Å². The van der Waals surface area contributed by atoms with Gasteiger partial charge < -0.3 is 0 Å². The maximum atomic E-state index is 13.6. The second-order valence-corrected chi connectivity index (χ2v) is 6.80. The lowest BCUT2D eigenvalue weighted by atomic mass is 9.78. The van der Waals surface area contributed by atoms with Crippen molar-refractivity contribution in [3.8, 4) is 17.9 Å². The van der Waals surface area contributed by atoms with Gasteiger partial charge in [0.05, 0.1) is 5.56 Å². The quantitative estimate of drug-likeness (QED) is 0.640. The Morgan fingerprint density at radius 1 is 0.960 bits per heavy atom. The maximum Gasteiger partial charge on any atom is 0.142 e. The fourth-order valence-corrected chi connectivity index (χ4v) is 3.57. The number of benzene rings is 2. The Morgan fingerprint density at radius 3 is 2.20 bits per heavy atom. The summed E-state index contributed by atoms with van der Waals surface area (Å²) in [6.45, 7) is 2.29. The third-order valence-corrected chi connectivity index (χ3v) is 5.25. The molecule has 0 bridgehead atoms. The molecule has 1 fully saturated rings. The minimum Gasteiger partial charge on any atom is -0.206 e. The van der Waals surface area contributed by atoms with Crippen LogP contribution in [0.4, 0.5) is 4.39 Å². The minimum absolute atomic E-state index is 0.0488. The molecule has 2 heteroatoms. The number of rotatable bonds is 2. The Hall–Kier alpha value is -2.58. The summed E-state index contributed by atoms with van der Waals surface area (Å²) in [6, 6.07) is 14.7. The van der Waals surface area contributed by atoms with Gasteiger partial charge >= 0.3 is 0 Å². The van der Waals surface area contributed by atoms with Gasteiger partial charge in [0.2, 0.25) is 0 Å². The third kappa shape index (κ3) is 4.28. The van der Waals surface area contributed by atoms with E-state index in [0.717, 1.165) is 11.5 Å². The second-order valence-electron chi connectivity index (χ2n) is 6.80. The lowest BCUT2D eigenvalue weighted by Crippen LogP contribution is -2.12. The van der Waals surface area contributed by atoms with Crippen molar-refractivity contribution in [3.63, 3.8) is 0 Å². The molecule has 1 aliphatic rings. The van der Waals surface area contributed by atoms with Gasteiger partial charge in [-0.15, -0.1) is 0 Å². The van der Waals surface area contributed by atoms with Crippen LogP contribution in [0.15, 0.2) is 42.5 Å². The SMILES string of the molecule is CCC1CCC(c2ccc(C#Cc3ccc(C#N)c(F)c3)cc2)CC1. The lowest BCUT2D eigenvalue weighted by Gasteiger charge is -2.28. The molecule has 126 valence electrons. The van der Waals surface area contributed by atoms with Gasteiger partial charge in [-0.25, -0.2) is 4.39 Å². The van der Waals surface area contributed by atoms with E-state index in [4.69, 9.17) is 5.26 Å². The standard InChI is InChI=1S/C23H22FN/c1-2-17-5-10-20(11-6-17)21-12-7-18(8-13-21)3-4-19-9-14-22(16-25)23(24)15-19/h7-9,12-15,17,20H,2,5-6,10-11H2,1H3. The first-order valence-corrected chi connectivity index (χ1v) is 9.01. The van der Waals surface area contributed by atoms with Crippen LogP contribution in [0.1, 0.15) is 67.2 Å². The molecule has 0 heterocycles. The number of nitrogens with zero attached hydrogens (tertiary/aromatic N) is 1. The van der Waals surface area contributed by atoms with Crippen LogP contribution in [0.2, 0.25) is 0 Å². The zero-order chi connectivity index (χ0) is 17.6. The largest absolute Gasteiger partial charge is 0.206 e. The van der Waals surface area contributed by atoms with Gasteiger partial charge in [-0.2, -0.15) is 5.26 Å². The van der Waals surface area contributed by atoms with Crippen LogP contribution in [0.25, 0.3) is 0 Å². The van der Waals surface area contributed by atoms with E-state index >= 15 is 0 Å². The van der Waals surface area contributed by atoms with Crippen molar-refractivity contribution < 1.29 is 4.39 Å². The van der Waals surface area contributed by atoms with Gasteiger partial charge in [0.1, 0.15) is 11.9 Å². The first-order valence-electron chi connectivity index (χ1n) is 9.01. The minimum atomic E-state index is -0.521. The fraction of sp³-hybridized carbons (Fsp3) is 0.348. The van der Waals surface area contributed by atoms with Gasteiger partial charge in [-0.05, 0) is 73.4 Å². The molecule has 0 amide bonds. The van der Waals surface area contributed by atoms with Crippen LogP contribution in [0.3, 0.4) is 0 Å². The highest BCUT2D eigenvalue weighted by molar-refractivity contribution is 5.46. The molecule has 0 N–H and O–H groups in total. The fourth-order valence-electron chi connectivity index (χ4n) is 3.57. The molecule has 2 aromatic rings. The van der Waals surface area contributed by atoms with Crippen LogP contribution in [-0.2, 0) is 0 Å². The Morgan fingerprint density at radius 2 is 1.60 bits per heavy atom. The van der Waals surface area contributed by atoms with Crippen LogP contribution in [0, 0.1) is 34.9 Å². The molecule has 1 nitrogen and oxygen atoms in total. The molecule has 0 unspecified atom stereocenters. The highest BCUT2D eigenvalue weighted by Crippen LogP contribution is 2.36. The van der Waals surface area contributed by atoms with Gasteiger partial charge in [0.25, 0.3) is 0 Å². The first kappa shape index (κ1) is 17.2. The molecule has 2 aromatic carbocycles. The monoisotopic (exact) mass is 331 g/mol. The van der Waals surface area contributed by atoms with E-state index in [9.17, 15) is 4.39 Å². The van der Waals surface area contributed by atoms with Crippen molar-refractivity contribution >= 4 is 0 Å². The highest BCUT2D eigenvalue weighted by atomic mass is 19.1. The summed E-state index contributed by atoms with van der Waals surface area (Å²) < 4.78 is 13.6. The molecule has 0 spiro atoms. The highest BCUT2D eigenvalue weighted by Gasteiger charge is 2.20. The average molecular weight is 331 g/mol. The van der Waals surface area contributed by atoms with E-state index in [1.54, 1.807) is 6.07 Å². The lowest BCUT2D eigenvalue weighted by molar-refractivity contribution is 0.319. The van der Waals surface area contributed by atoms with E-state index in [2.05, 4.69) is 30.9 Å². The van der Waals surface area contributed by atoms with E-state index in [1.807, 2.05) is 18.2 Å². The topological polar surface area (TPSA) is 23.8 Å². The van der Waals surface area contributed by atoms with E-state index < -0.39 is 5.82 Å². The molecule has 0 radical (unpaired) electrons. The van der Waals surface area contributed by atoms with Gasteiger partial charge in [0.15, 0.2) is 0 Å². The van der Waals surface area contributed by atoms with E-state index in [1.165, 1.54) is 49.8 Å². The van der Waals surface area contributed by atoms with Gasteiger partial charge in [-0.3, -0.25) is 0 Å². The number of hydrogen-bond donors (Lipinski definition) is 0. The Balaban J connectivity index is 1.68. The maximum absolute atomic E-state index is 13.6. The molecule has 1 aliphatic carbocycles. The molecule has 0 aliphatic heterocycles. The van der Waals surface area contributed by atoms with E-state index in [-0.39, 0.29) is 5.56 Å². The molecular formula is C23H22FN. The summed E-state index contributed by atoms with van der Waals surface area (Å²) in [6.07, 6.45) is 6.55. The molecule has 0 saturated heterocycles. The Bertz CT molecular complexity index is 825. The zero-order valence-corrected chi connectivity index (χ0v) is 14.6. The normalized spacial score (nSPS) is 19.6. The molecule has 1 saturated carbocycles. The van der Waals surface area contributed by atoms with Crippen molar-refractivity contribution in [3.05, 3.63) is 70.5 Å². The summed E-state index contributed by atoms with van der Waals surface area (Å²) in [5, 5.41) is 8.75.